The van der Waals surface area contributed by atoms with Crippen molar-refractivity contribution in [2.45, 2.75) is 57.2 Å². The predicted octanol–water partition coefficient (Wildman–Crippen LogP) is 4.82. The number of rotatable bonds is 5. The van der Waals surface area contributed by atoms with Gasteiger partial charge in [0.15, 0.2) is 0 Å². The number of esters is 1. The molecule has 2 aromatic carbocycles. The second kappa shape index (κ2) is 9.43. The van der Waals surface area contributed by atoms with Gasteiger partial charge in [0, 0.05) is 11.5 Å². The molecule has 2 aliphatic rings. The molecule has 36 heavy (non-hydrogen) atoms. The summed E-state index contributed by atoms with van der Waals surface area (Å²) >= 11 is 0. The van der Waals surface area contributed by atoms with Crippen LogP contribution in [0.3, 0.4) is 0 Å². The predicted molar refractivity (Wildman–Crippen MR) is 135 cm³/mol. The molecule has 5 rings (SSSR count). The fourth-order valence-electron chi connectivity index (χ4n) is 5.32. The van der Waals surface area contributed by atoms with Crippen LogP contribution < -0.4 is 10.2 Å². The molecule has 188 valence electrons. The number of ether oxygens (including phenoxy) is 2. The van der Waals surface area contributed by atoms with Crippen molar-refractivity contribution < 1.29 is 19.1 Å². The van der Waals surface area contributed by atoms with E-state index in [2.05, 4.69) is 33.8 Å². The molecule has 1 fully saturated rings. The first kappa shape index (κ1) is 24.1. The van der Waals surface area contributed by atoms with Crippen LogP contribution in [0.1, 0.15) is 57.1 Å². The summed E-state index contributed by atoms with van der Waals surface area (Å²) < 4.78 is 13.2. The van der Waals surface area contributed by atoms with Gasteiger partial charge in [-0.25, -0.2) is 9.67 Å². The second-order valence-electron chi connectivity index (χ2n) is 10.4. The molecule has 1 aliphatic heterocycles. The summed E-state index contributed by atoms with van der Waals surface area (Å²) in [7, 11) is 1.64. The minimum atomic E-state index is -0.717. The third-order valence-corrected chi connectivity index (χ3v) is 6.78. The van der Waals surface area contributed by atoms with Crippen molar-refractivity contribution >= 4 is 11.7 Å². The van der Waals surface area contributed by atoms with Crippen LogP contribution in [-0.4, -0.2) is 39.0 Å². The zero-order chi connectivity index (χ0) is 25.3. The topological polar surface area (TPSA) is 87.5 Å². The normalized spacial score (nSPS) is 23.7. The molecular formula is C28H32N4O4. The molecule has 8 heteroatoms. The molecule has 1 spiro atoms. The number of hydrogen-bond donors (Lipinski definition) is 1. The lowest BCUT2D eigenvalue weighted by atomic mass is 9.65. The van der Waals surface area contributed by atoms with Crippen molar-refractivity contribution in [2.24, 2.45) is 5.92 Å². The molecule has 1 saturated carbocycles. The first-order valence-corrected chi connectivity index (χ1v) is 12.3. The summed E-state index contributed by atoms with van der Waals surface area (Å²) in [4.78, 5) is 23.9. The van der Waals surface area contributed by atoms with Gasteiger partial charge in [0.1, 0.15) is 29.6 Å². The number of carbonyl (C=O) groups is 1. The van der Waals surface area contributed by atoms with Gasteiger partial charge >= 0.3 is 5.97 Å². The Kier molecular flexibility index (Phi) is 6.30. The number of nitrogens with one attached hydrogen (secondary N) is 1. The van der Waals surface area contributed by atoms with E-state index in [4.69, 9.17) is 14.3 Å². The third-order valence-electron chi connectivity index (χ3n) is 6.78. The van der Waals surface area contributed by atoms with E-state index in [-0.39, 0.29) is 17.8 Å². The maximum absolute atomic E-state index is 13.4. The Morgan fingerprint density at radius 1 is 1.19 bits per heavy atom. The molecular weight excluding hydrogens is 456 g/mol. The van der Waals surface area contributed by atoms with Gasteiger partial charge < -0.3 is 9.47 Å². The summed E-state index contributed by atoms with van der Waals surface area (Å²) in [5, 5.41) is 4.25. The Labute approximate surface area is 211 Å². The van der Waals surface area contributed by atoms with Crippen molar-refractivity contribution in [3.8, 4) is 11.4 Å². The number of hydrogen-bond acceptors (Lipinski definition) is 7. The number of methoxy groups -OCH3 is 1. The van der Waals surface area contributed by atoms with Crippen molar-refractivity contribution in [3.63, 3.8) is 0 Å². The highest BCUT2D eigenvalue weighted by Crippen LogP contribution is 2.51. The zero-order valence-electron chi connectivity index (χ0n) is 21.1. The Balaban J connectivity index is 1.57. The Bertz CT molecular complexity index is 1250. The van der Waals surface area contributed by atoms with E-state index in [0.717, 1.165) is 41.8 Å². The molecule has 3 atom stereocenters. The molecule has 1 unspecified atom stereocenters. The van der Waals surface area contributed by atoms with Gasteiger partial charge in [-0.05, 0) is 69.9 Å². The largest absolute Gasteiger partial charge is 0.496 e. The average Bonchev–Trinajstić information content (AvgIpc) is 3.54. The maximum atomic E-state index is 13.4. The van der Waals surface area contributed by atoms with E-state index in [1.54, 1.807) is 18.1 Å². The van der Waals surface area contributed by atoms with E-state index in [1.165, 1.54) is 6.33 Å². The van der Waals surface area contributed by atoms with Crippen LogP contribution in [0.5, 0.6) is 5.75 Å². The first-order chi connectivity index (χ1) is 17.3. The molecule has 0 saturated heterocycles. The van der Waals surface area contributed by atoms with E-state index < -0.39 is 11.2 Å². The van der Waals surface area contributed by atoms with E-state index in [9.17, 15) is 4.79 Å². The highest BCUT2D eigenvalue weighted by atomic mass is 16.7. The second-order valence-corrected chi connectivity index (χ2v) is 10.4. The number of nitrogens with zero attached hydrogens (tertiary/aromatic N) is 3. The standard InChI is InChI=1S/C28H32N4O4/c1-27(2,3)35-26(33)21-11-8-14-28(25(21)19-9-6-5-7-10-19)16-23(31-36-28)22-15-20(12-13-24(22)34-4)32-18-29-17-30-32/h5-7,9-10,12-13,15-18,21,25,31H,8,11,14H2,1-4H3/t21?,25-,28+/m1/s1. The maximum Gasteiger partial charge on any atom is 0.310 e. The van der Waals surface area contributed by atoms with Gasteiger partial charge in [-0.3, -0.25) is 15.1 Å². The summed E-state index contributed by atoms with van der Waals surface area (Å²) in [6.45, 7) is 5.71. The zero-order valence-corrected chi connectivity index (χ0v) is 21.1. The minimum absolute atomic E-state index is 0.188. The SMILES string of the molecule is COc1ccc(-n2cncn2)cc1C1=C[C@]2(CCCC(C(=O)OC(C)(C)C)[C@H]2c2ccccc2)ON1. The fourth-order valence-corrected chi connectivity index (χ4v) is 5.32. The molecule has 2 heterocycles. The van der Waals surface area contributed by atoms with Crippen LogP contribution in [0.2, 0.25) is 0 Å². The lowest BCUT2D eigenvalue weighted by molar-refractivity contribution is -0.168. The monoisotopic (exact) mass is 488 g/mol. The number of benzene rings is 2. The lowest BCUT2D eigenvalue weighted by Gasteiger charge is -2.43. The fraction of sp³-hybridized carbons (Fsp3) is 0.393. The van der Waals surface area contributed by atoms with Crippen LogP contribution in [0, 0.1) is 5.92 Å². The highest BCUT2D eigenvalue weighted by Gasteiger charge is 2.52. The molecule has 8 nitrogen and oxygen atoms in total. The average molecular weight is 489 g/mol. The van der Waals surface area contributed by atoms with E-state index in [1.807, 2.05) is 57.2 Å². The quantitative estimate of drug-likeness (QED) is 0.516. The Morgan fingerprint density at radius 3 is 2.69 bits per heavy atom. The van der Waals surface area contributed by atoms with Gasteiger partial charge in [0.2, 0.25) is 0 Å². The van der Waals surface area contributed by atoms with Gasteiger partial charge in [0.25, 0.3) is 0 Å². The molecule has 0 amide bonds. The van der Waals surface area contributed by atoms with Crippen LogP contribution in [0.25, 0.3) is 11.4 Å². The Hall–Kier alpha value is -3.65. The summed E-state index contributed by atoms with van der Waals surface area (Å²) in [6, 6.07) is 15.9. The summed E-state index contributed by atoms with van der Waals surface area (Å²) in [5.41, 5.74) is 5.43. The van der Waals surface area contributed by atoms with Crippen LogP contribution >= 0.6 is 0 Å². The molecule has 0 bridgehead atoms. The molecule has 1 N–H and O–H groups in total. The van der Waals surface area contributed by atoms with E-state index >= 15 is 0 Å². The Morgan fingerprint density at radius 2 is 2.00 bits per heavy atom. The van der Waals surface area contributed by atoms with Crippen molar-refractivity contribution in [3.05, 3.63) is 78.4 Å². The number of aromatic nitrogens is 3. The van der Waals surface area contributed by atoms with E-state index in [0.29, 0.717) is 5.75 Å². The first-order valence-electron chi connectivity index (χ1n) is 12.3. The summed E-state index contributed by atoms with van der Waals surface area (Å²) in [6.07, 6.45) is 7.62. The van der Waals surface area contributed by atoms with Crippen molar-refractivity contribution in [1.29, 1.82) is 0 Å². The van der Waals surface area contributed by atoms with Gasteiger partial charge in [0.05, 0.1) is 24.4 Å². The number of hydroxylamine groups is 1. The molecule has 3 aromatic rings. The van der Waals surface area contributed by atoms with Gasteiger partial charge in [-0.1, -0.05) is 30.3 Å². The highest BCUT2D eigenvalue weighted by molar-refractivity contribution is 5.77. The van der Waals surface area contributed by atoms with Crippen molar-refractivity contribution in [2.75, 3.05) is 7.11 Å². The summed E-state index contributed by atoms with van der Waals surface area (Å²) in [5.74, 6) is -0.0291. The third kappa shape index (κ3) is 4.60. The van der Waals surface area contributed by atoms with Crippen LogP contribution in [-0.2, 0) is 14.4 Å². The van der Waals surface area contributed by atoms with Crippen molar-refractivity contribution in [1.82, 2.24) is 20.2 Å². The number of carbonyl (C=O) groups excluding carboxylic acids is 1. The van der Waals surface area contributed by atoms with Crippen LogP contribution in [0.4, 0.5) is 0 Å². The van der Waals surface area contributed by atoms with Crippen LogP contribution in [0.15, 0.2) is 67.3 Å². The molecule has 1 aliphatic carbocycles. The molecule has 0 radical (unpaired) electrons. The smallest absolute Gasteiger partial charge is 0.310 e. The van der Waals surface area contributed by atoms with Gasteiger partial charge in [-0.2, -0.15) is 5.10 Å². The van der Waals surface area contributed by atoms with Gasteiger partial charge in [-0.15, -0.1) is 0 Å². The minimum Gasteiger partial charge on any atom is -0.496 e. The lowest BCUT2D eigenvalue weighted by Crippen LogP contribution is -2.47. The molecule has 1 aromatic heterocycles.